The molecule has 0 aliphatic carbocycles. The smallest absolute Gasteiger partial charge is 0.313 e. The van der Waals surface area contributed by atoms with E-state index in [0.717, 1.165) is 30.0 Å². The fourth-order valence-corrected chi connectivity index (χ4v) is 6.97. The number of likely N-dealkylation sites (N-methyl/N-ethyl adjacent to an activating group) is 1. The average Bonchev–Trinajstić information content (AvgIpc) is 2.87. The first-order valence-corrected chi connectivity index (χ1v) is 15.4. The van der Waals surface area contributed by atoms with Gasteiger partial charge in [-0.15, -0.1) is 0 Å². The second-order valence-corrected chi connectivity index (χ2v) is 13.1. The SMILES string of the molecule is CCN[C@H]1CCCN(Cc2c(C(F)(F)F)cc3c(=O)n(Cc4cc(Cl)ccc4S(=O)(=O)CC)cnc3c2Br)C1. The Bertz CT molecular complexity index is 1540. The van der Waals surface area contributed by atoms with Gasteiger partial charge < -0.3 is 5.32 Å². The number of alkyl halides is 3. The largest absolute Gasteiger partial charge is 0.416 e. The van der Waals surface area contributed by atoms with Crippen molar-refractivity contribution < 1.29 is 21.6 Å². The summed E-state index contributed by atoms with van der Waals surface area (Å²) < 4.78 is 69.3. The zero-order valence-corrected chi connectivity index (χ0v) is 24.6. The van der Waals surface area contributed by atoms with Gasteiger partial charge in [-0.2, -0.15) is 13.2 Å². The van der Waals surface area contributed by atoms with Crippen molar-refractivity contribution in [2.24, 2.45) is 0 Å². The molecular formula is C26H29BrClF3N4O3S. The average molecular weight is 650 g/mol. The van der Waals surface area contributed by atoms with Crippen LogP contribution in [0.25, 0.3) is 10.9 Å². The predicted octanol–water partition coefficient (Wildman–Crippen LogP) is 5.25. The molecule has 7 nitrogen and oxygen atoms in total. The molecule has 13 heteroatoms. The zero-order chi connectivity index (χ0) is 28.5. The first-order chi connectivity index (χ1) is 18.4. The lowest BCUT2D eigenvalue weighted by Gasteiger charge is -2.34. The molecule has 0 amide bonds. The van der Waals surface area contributed by atoms with Crippen molar-refractivity contribution >= 4 is 48.3 Å². The monoisotopic (exact) mass is 648 g/mol. The van der Waals surface area contributed by atoms with E-state index >= 15 is 0 Å². The molecule has 1 N–H and O–H groups in total. The minimum atomic E-state index is -4.70. The number of likely N-dealkylation sites (tertiary alicyclic amines) is 1. The topological polar surface area (TPSA) is 84.3 Å². The Morgan fingerprint density at radius 3 is 2.62 bits per heavy atom. The van der Waals surface area contributed by atoms with Gasteiger partial charge in [-0.3, -0.25) is 14.3 Å². The van der Waals surface area contributed by atoms with Gasteiger partial charge in [-0.25, -0.2) is 13.4 Å². The number of hydrogen-bond donors (Lipinski definition) is 1. The molecule has 0 saturated carbocycles. The molecule has 0 bridgehead atoms. The number of nitrogens with one attached hydrogen (secondary N) is 1. The molecule has 2 aromatic carbocycles. The Labute approximate surface area is 238 Å². The molecule has 39 heavy (non-hydrogen) atoms. The molecule has 1 aromatic heterocycles. The maximum absolute atomic E-state index is 14.3. The van der Waals surface area contributed by atoms with Crippen LogP contribution >= 0.6 is 27.5 Å². The van der Waals surface area contributed by atoms with Crippen molar-refractivity contribution in [2.75, 3.05) is 25.4 Å². The Morgan fingerprint density at radius 1 is 1.21 bits per heavy atom. The standard InChI is InChI=1S/C26H29BrClF3N4O3S/c1-3-32-18-6-5-9-34(13-18)14-20-21(26(29,30)31)11-19-24(23(20)27)33-15-35(25(19)36)12-16-10-17(28)7-8-22(16)39(37,38)4-2/h7-8,10-11,15,18,32H,3-6,9,12-14H2,1-2H3/t18-/m0/s1. The number of halogens is 5. The number of hydrogen-bond acceptors (Lipinski definition) is 6. The van der Waals surface area contributed by atoms with Crippen molar-refractivity contribution in [2.45, 2.75) is 56.9 Å². The molecule has 0 unspecified atom stereocenters. The van der Waals surface area contributed by atoms with Gasteiger partial charge in [0.2, 0.25) is 0 Å². The van der Waals surface area contributed by atoms with Gasteiger partial charge in [-0.05, 0) is 77.3 Å². The minimum Gasteiger partial charge on any atom is -0.313 e. The third-order valence-electron chi connectivity index (χ3n) is 6.92. The summed E-state index contributed by atoms with van der Waals surface area (Å²) in [5, 5.41) is 3.42. The highest BCUT2D eigenvalue weighted by molar-refractivity contribution is 9.10. The Kier molecular flexibility index (Phi) is 9.12. The first-order valence-electron chi connectivity index (χ1n) is 12.6. The number of rotatable bonds is 8. The summed E-state index contributed by atoms with van der Waals surface area (Å²) in [6, 6.07) is 5.29. The summed E-state index contributed by atoms with van der Waals surface area (Å²) >= 11 is 9.42. The van der Waals surface area contributed by atoms with Gasteiger partial charge in [0.15, 0.2) is 9.84 Å². The van der Waals surface area contributed by atoms with E-state index in [-0.39, 0.29) is 61.3 Å². The van der Waals surface area contributed by atoms with E-state index in [9.17, 15) is 26.4 Å². The third kappa shape index (κ3) is 6.51. The van der Waals surface area contributed by atoms with Crippen LogP contribution in [0, 0.1) is 0 Å². The lowest BCUT2D eigenvalue weighted by Crippen LogP contribution is -2.45. The molecule has 1 aliphatic heterocycles. The van der Waals surface area contributed by atoms with Crippen molar-refractivity contribution in [3.05, 3.63) is 67.1 Å². The van der Waals surface area contributed by atoms with Crippen molar-refractivity contribution in [3.63, 3.8) is 0 Å². The Morgan fingerprint density at radius 2 is 1.95 bits per heavy atom. The van der Waals surface area contributed by atoms with Gasteiger partial charge in [-0.1, -0.05) is 25.4 Å². The highest BCUT2D eigenvalue weighted by atomic mass is 79.9. The number of nitrogens with zero attached hydrogens (tertiary/aromatic N) is 3. The van der Waals surface area contributed by atoms with Crippen LogP contribution in [0.1, 0.15) is 43.4 Å². The molecular weight excluding hydrogens is 621 g/mol. The molecule has 0 spiro atoms. The number of sulfone groups is 1. The number of aromatic nitrogens is 2. The lowest BCUT2D eigenvalue weighted by atomic mass is 10.0. The van der Waals surface area contributed by atoms with E-state index < -0.39 is 27.1 Å². The fraction of sp³-hybridized carbons (Fsp3) is 0.462. The summed E-state index contributed by atoms with van der Waals surface area (Å²) in [6.07, 6.45) is -1.65. The lowest BCUT2D eigenvalue weighted by molar-refractivity contribution is -0.138. The molecule has 3 aromatic rings. The van der Waals surface area contributed by atoms with E-state index in [1.54, 1.807) is 0 Å². The molecule has 1 saturated heterocycles. The van der Waals surface area contributed by atoms with Gasteiger partial charge in [0.25, 0.3) is 5.56 Å². The predicted molar refractivity (Wildman–Crippen MR) is 149 cm³/mol. The first kappa shape index (κ1) is 30.0. The van der Waals surface area contributed by atoms with E-state index in [4.69, 9.17) is 11.6 Å². The number of piperidine rings is 1. The second kappa shape index (κ2) is 11.9. The van der Waals surface area contributed by atoms with Gasteiger partial charge in [0, 0.05) is 28.6 Å². The summed E-state index contributed by atoms with van der Waals surface area (Å²) in [6.45, 7) is 5.39. The molecule has 2 heterocycles. The van der Waals surface area contributed by atoms with Crippen LogP contribution < -0.4 is 10.9 Å². The highest BCUT2D eigenvalue weighted by Crippen LogP contribution is 2.39. The van der Waals surface area contributed by atoms with Crippen molar-refractivity contribution in [3.8, 4) is 0 Å². The van der Waals surface area contributed by atoms with Gasteiger partial charge in [0.1, 0.15) is 0 Å². The summed E-state index contributed by atoms with van der Waals surface area (Å²) in [7, 11) is -3.64. The van der Waals surface area contributed by atoms with E-state index in [1.165, 1.54) is 31.5 Å². The molecule has 1 aliphatic rings. The van der Waals surface area contributed by atoms with Crippen LogP contribution in [-0.4, -0.2) is 54.3 Å². The van der Waals surface area contributed by atoms with Gasteiger partial charge in [0.05, 0.1) is 40.0 Å². The quantitative estimate of drug-likeness (QED) is 0.359. The molecule has 212 valence electrons. The fourth-order valence-electron chi connectivity index (χ4n) is 5.02. The Hall–Kier alpha value is -1.99. The van der Waals surface area contributed by atoms with Crippen LogP contribution in [0.3, 0.4) is 0 Å². The van der Waals surface area contributed by atoms with Crippen LogP contribution in [0.5, 0.6) is 0 Å². The summed E-state index contributed by atoms with van der Waals surface area (Å²) in [4.78, 5) is 19.7. The van der Waals surface area contributed by atoms with E-state index in [2.05, 4.69) is 26.2 Å². The van der Waals surface area contributed by atoms with Gasteiger partial charge >= 0.3 is 6.18 Å². The molecule has 0 radical (unpaired) electrons. The minimum absolute atomic E-state index is 0.00584. The zero-order valence-electron chi connectivity index (χ0n) is 21.5. The second-order valence-electron chi connectivity index (χ2n) is 9.58. The summed E-state index contributed by atoms with van der Waals surface area (Å²) in [5.74, 6) is -0.163. The van der Waals surface area contributed by atoms with E-state index in [1.807, 2.05) is 11.8 Å². The van der Waals surface area contributed by atoms with Crippen LogP contribution in [-0.2, 0) is 29.1 Å². The van der Waals surface area contributed by atoms with Crippen molar-refractivity contribution in [1.82, 2.24) is 19.8 Å². The Balaban J connectivity index is 1.79. The normalized spacial score (nSPS) is 17.2. The van der Waals surface area contributed by atoms with Crippen LogP contribution in [0.2, 0.25) is 5.02 Å². The van der Waals surface area contributed by atoms with E-state index in [0.29, 0.717) is 13.1 Å². The highest BCUT2D eigenvalue weighted by Gasteiger charge is 2.36. The van der Waals surface area contributed by atoms with Crippen LogP contribution in [0.15, 0.2) is 44.8 Å². The molecule has 1 atom stereocenters. The number of fused-ring (bicyclic) bond motifs is 1. The maximum Gasteiger partial charge on any atom is 0.416 e. The maximum atomic E-state index is 14.3. The molecule has 4 rings (SSSR count). The molecule has 1 fully saturated rings. The third-order valence-corrected chi connectivity index (χ3v) is 9.84. The van der Waals surface area contributed by atoms with Crippen molar-refractivity contribution in [1.29, 1.82) is 0 Å². The van der Waals surface area contributed by atoms with Crippen LogP contribution in [0.4, 0.5) is 13.2 Å². The summed E-state index contributed by atoms with van der Waals surface area (Å²) in [5.41, 5.74) is -1.22. The number of benzene rings is 2.